The average molecular weight is 1670 g/mol. The summed E-state index contributed by atoms with van der Waals surface area (Å²) in [5.74, 6) is -2.81. The number of carbonyl (C=O) groups is 8. The van der Waals surface area contributed by atoms with E-state index >= 15 is 0 Å². The highest BCUT2D eigenvalue weighted by atomic mass is 16.5. The number of nitrogens with two attached hydrogens (primary N) is 1. The SMILES string of the molecule is C.C.C.C.COC(=O)[C@H](CC1=CCCN(C(=N)N)C1)[C@@H](C)NC(=O)c1ccc(-c2ccccc2)cc1.COC(=O)[C@H](CC1=CCCNC1)[C@@H](C)NC(=O)c1ccc(-c2ccccc2)cc1.COC(=O)[C@H](CC1CCCNC1)[C@@H](C)NC(=O)c1ccc(-c2ccccc2)cc1.COC(=O)[C@H](CC1CCCNC1)[C@@H](C)NC(=O)c1ccc(-c2cnc[nH]2)cc1. The normalized spacial score (nSPS) is 16.5. The van der Waals surface area contributed by atoms with Gasteiger partial charge >= 0.3 is 23.9 Å². The van der Waals surface area contributed by atoms with Crippen LogP contribution in [0.5, 0.6) is 0 Å². The number of guanidine groups is 1. The van der Waals surface area contributed by atoms with Gasteiger partial charge in [-0.05, 0) is 224 Å². The van der Waals surface area contributed by atoms with Crippen molar-refractivity contribution in [2.75, 3.05) is 80.8 Å². The highest BCUT2D eigenvalue weighted by Crippen LogP contribution is 2.30. The zero-order valence-electron chi connectivity index (χ0n) is 69.1. The second kappa shape index (κ2) is 52.4. The summed E-state index contributed by atoms with van der Waals surface area (Å²) < 4.78 is 20.0. The molecule has 0 bridgehead atoms. The van der Waals surface area contributed by atoms with Gasteiger partial charge in [0.2, 0.25) is 0 Å². The van der Waals surface area contributed by atoms with E-state index in [1.54, 1.807) is 41.7 Å². The Morgan fingerprint density at radius 1 is 0.434 bits per heavy atom. The highest BCUT2D eigenvalue weighted by molar-refractivity contribution is 5.97. The summed E-state index contributed by atoms with van der Waals surface area (Å²) >= 11 is 0. The summed E-state index contributed by atoms with van der Waals surface area (Å²) in [6.45, 7) is 14.2. The average Bonchev–Trinajstić information content (AvgIpc) is 1.35. The lowest BCUT2D eigenvalue weighted by molar-refractivity contribution is -0.147. The van der Waals surface area contributed by atoms with Crippen LogP contribution in [0, 0.1) is 40.9 Å². The third-order valence-electron chi connectivity index (χ3n) is 22.2. The Kier molecular flexibility index (Phi) is 43.2. The minimum atomic E-state index is -0.536. The van der Waals surface area contributed by atoms with Gasteiger partial charge in [-0.3, -0.25) is 43.8 Å². The van der Waals surface area contributed by atoms with Crippen LogP contribution in [0.15, 0.2) is 224 Å². The van der Waals surface area contributed by atoms with Crippen LogP contribution < -0.4 is 43.0 Å². The second-order valence-electron chi connectivity index (χ2n) is 30.5. The van der Waals surface area contributed by atoms with Crippen LogP contribution >= 0.6 is 0 Å². The molecule has 0 aliphatic carbocycles. The van der Waals surface area contributed by atoms with Gasteiger partial charge in [-0.2, -0.15) is 0 Å². The Labute approximate surface area is 723 Å². The van der Waals surface area contributed by atoms with Crippen molar-refractivity contribution in [3.8, 4) is 44.6 Å². The van der Waals surface area contributed by atoms with E-state index in [-0.39, 0.29) is 113 Å². The number of imidazole rings is 1. The van der Waals surface area contributed by atoms with Gasteiger partial charge in [0.05, 0.1) is 70.3 Å². The smallest absolute Gasteiger partial charge is 0.311 e. The molecule has 2 fully saturated rings. The number of nitrogens with one attached hydrogen (secondary N) is 9. The largest absolute Gasteiger partial charge is 0.469 e. The first kappa shape index (κ1) is 101. The van der Waals surface area contributed by atoms with Crippen LogP contribution in [0.4, 0.5) is 0 Å². The molecule has 5 heterocycles. The molecule has 4 aliphatic rings. The molecule has 656 valence electrons. The Hall–Kier alpha value is -11.9. The lowest BCUT2D eigenvalue weighted by Crippen LogP contribution is -2.44. The van der Waals surface area contributed by atoms with Crippen molar-refractivity contribution in [3.63, 3.8) is 0 Å². The van der Waals surface area contributed by atoms with Gasteiger partial charge in [0.1, 0.15) is 0 Å². The summed E-state index contributed by atoms with van der Waals surface area (Å²) in [5.41, 5.74) is 18.3. The van der Waals surface area contributed by atoms with Crippen LogP contribution in [0.3, 0.4) is 0 Å². The van der Waals surface area contributed by atoms with Gasteiger partial charge in [-0.1, -0.05) is 193 Å². The zero-order chi connectivity index (χ0) is 84.3. The molecular formula is C98H132N12O12. The van der Waals surface area contributed by atoms with Crippen LogP contribution in [0.25, 0.3) is 44.6 Å². The van der Waals surface area contributed by atoms with E-state index in [1.807, 2.05) is 191 Å². The second-order valence-corrected chi connectivity index (χ2v) is 30.5. The molecule has 24 heteroatoms. The maximum absolute atomic E-state index is 12.8. The van der Waals surface area contributed by atoms with Crippen molar-refractivity contribution >= 4 is 53.5 Å². The Bertz CT molecular complexity index is 4580. The number of benzene rings is 7. The fraction of sp³-hybridized carbons (Fsp3) is 0.408. The molecule has 2 saturated heterocycles. The number of nitrogens with zero attached hydrogens (tertiary/aromatic N) is 2. The topological polar surface area (TPSA) is 339 Å². The zero-order valence-corrected chi connectivity index (χ0v) is 69.1. The van der Waals surface area contributed by atoms with E-state index in [9.17, 15) is 38.4 Å². The number of ether oxygens (including phenoxy) is 4. The van der Waals surface area contributed by atoms with E-state index in [1.165, 1.54) is 34.0 Å². The highest BCUT2D eigenvalue weighted by Gasteiger charge is 2.35. The minimum Gasteiger partial charge on any atom is -0.469 e. The maximum Gasteiger partial charge on any atom is 0.311 e. The van der Waals surface area contributed by atoms with Crippen LogP contribution in [0.2, 0.25) is 0 Å². The third kappa shape index (κ3) is 30.7. The van der Waals surface area contributed by atoms with Crippen LogP contribution in [-0.4, -0.2) is 173 Å². The number of hydrogen-bond donors (Lipinski definition) is 10. The standard InChI is InChI=1S/C25H30N4O3.C24H30N2O3.C24H28N2O3.C21H28N4O3.4CH4/c1-17(22(24(31)32-2)15-18-7-6-14-29(16-18)25(26)27)28-23(30)21-12-10-20(11-13-21)19-8-4-3-5-9-19;2*1-17(22(24(28)29-2)15-18-7-6-14-25-16-18)26-23(27)21-12-10-20(11-13-21)19-8-4-3-5-9-19;1-14(18(21(27)28-2)10-15-4-3-9-22-11-15)25-20(26)17-7-5-16(6-8-17)19-12-23-13-24-19;;;;/h3-5,7-13,17,22H,6,14-16H2,1-2H3,(H3,26,27)(H,28,30);3-5,8-13,17-18,22,25H,6-7,14-16H2,1-2H3,(H,26,27);3-5,7-13,17,22,25H,6,14-16H2,1-2H3,(H,26,27);5-8,12-15,18,22H,3-4,9-11H2,1-2H3,(H,23,24)(H,25,26);4*1H4/t17-,22-;17-,18?,22-;17-,22-;14-,15?,18-;;;;/m1111..../s1. The van der Waals surface area contributed by atoms with Crippen molar-refractivity contribution in [2.45, 2.75) is 146 Å². The van der Waals surface area contributed by atoms with E-state index in [2.05, 4.69) is 59.3 Å². The molecule has 4 aliphatic heterocycles. The number of carbonyl (C=O) groups excluding carboxylic acids is 8. The van der Waals surface area contributed by atoms with Crippen LogP contribution in [0.1, 0.15) is 163 Å². The van der Waals surface area contributed by atoms with E-state index < -0.39 is 17.9 Å². The molecule has 10 atom stereocenters. The van der Waals surface area contributed by atoms with Gasteiger partial charge in [-0.15, -0.1) is 0 Å². The molecule has 8 aromatic rings. The number of esters is 4. The first-order chi connectivity index (χ1) is 57.1. The molecule has 12 rings (SSSR count). The predicted molar refractivity (Wildman–Crippen MR) is 488 cm³/mol. The number of hydrogen-bond acceptors (Lipinski definition) is 17. The van der Waals surface area contributed by atoms with E-state index in [0.717, 1.165) is 128 Å². The van der Waals surface area contributed by atoms with Crippen molar-refractivity contribution in [1.29, 1.82) is 5.41 Å². The van der Waals surface area contributed by atoms with E-state index in [0.29, 0.717) is 72.9 Å². The van der Waals surface area contributed by atoms with E-state index in [4.69, 9.17) is 30.1 Å². The van der Waals surface area contributed by atoms with Gasteiger partial charge in [0.15, 0.2) is 5.96 Å². The summed E-state index contributed by atoms with van der Waals surface area (Å²) in [6.07, 6.45) is 16.2. The summed E-state index contributed by atoms with van der Waals surface area (Å²) in [4.78, 5) is 109. The number of aromatic amines is 1. The molecule has 4 amide bonds. The van der Waals surface area contributed by atoms with Gasteiger partial charge in [0.25, 0.3) is 23.6 Å². The molecule has 1 aromatic heterocycles. The Balaban J connectivity index is 0.000000286. The number of H-pyrrole nitrogens is 1. The summed E-state index contributed by atoms with van der Waals surface area (Å²) in [7, 11) is 5.55. The Morgan fingerprint density at radius 3 is 1.07 bits per heavy atom. The van der Waals surface area contributed by atoms with Crippen LogP contribution in [-0.2, 0) is 38.1 Å². The molecule has 7 aromatic carbocycles. The summed E-state index contributed by atoms with van der Waals surface area (Å²) in [6, 6.07) is 58.3. The molecular weight excluding hydrogens is 1540 g/mol. The first-order valence-electron chi connectivity index (χ1n) is 40.8. The molecule has 0 radical (unpaired) electrons. The minimum absolute atomic E-state index is 0. The molecule has 0 saturated carbocycles. The molecule has 0 spiro atoms. The quantitative estimate of drug-likeness (QED) is 0.00716. The number of methoxy groups -OCH3 is 4. The van der Waals surface area contributed by atoms with Crippen molar-refractivity contribution in [1.82, 2.24) is 52.1 Å². The Morgan fingerprint density at radius 2 is 0.762 bits per heavy atom. The maximum atomic E-state index is 12.8. The van der Waals surface area contributed by atoms with Gasteiger partial charge in [-0.25, -0.2) is 4.98 Å². The van der Waals surface area contributed by atoms with Crippen molar-refractivity contribution < 1.29 is 57.3 Å². The number of amides is 4. The molecule has 24 nitrogen and oxygen atoms in total. The number of aromatic nitrogens is 2. The summed E-state index contributed by atoms with van der Waals surface area (Å²) in [5, 5.41) is 29.6. The molecule has 2 unspecified atom stereocenters. The van der Waals surface area contributed by atoms with Gasteiger partial charge < -0.3 is 71.8 Å². The number of rotatable bonds is 28. The molecule has 122 heavy (non-hydrogen) atoms. The molecule has 11 N–H and O–H groups in total. The van der Waals surface area contributed by atoms with Crippen molar-refractivity contribution in [2.24, 2.45) is 41.2 Å². The monoisotopic (exact) mass is 1670 g/mol. The van der Waals surface area contributed by atoms with Crippen molar-refractivity contribution in [3.05, 3.63) is 246 Å². The lowest BCUT2D eigenvalue weighted by Gasteiger charge is -2.30. The first-order valence-corrected chi connectivity index (χ1v) is 40.8. The fourth-order valence-electron chi connectivity index (χ4n) is 15.2. The number of piperidine rings is 2. The predicted octanol–water partition coefficient (Wildman–Crippen LogP) is 15.3. The van der Waals surface area contributed by atoms with Gasteiger partial charge in [0, 0.05) is 66.1 Å². The lowest BCUT2D eigenvalue weighted by atomic mass is 9.85. The fourth-order valence-corrected chi connectivity index (χ4v) is 15.2. The third-order valence-corrected chi connectivity index (χ3v) is 22.2.